The third-order valence-electron chi connectivity index (χ3n) is 6.77. The van der Waals surface area contributed by atoms with Crippen molar-refractivity contribution in [2.75, 3.05) is 18.4 Å². The molecule has 0 unspecified atom stereocenters. The van der Waals surface area contributed by atoms with Crippen molar-refractivity contribution in [2.45, 2.75) is 33.2 Å². The molecule has 0 radical (unpaired) electrons. The van der Waals surface area contributed by atoms with Gasteiger partial charge in [-0.05, 0) is 78.4 Å². The fourth-order valence-corrected chi connectivity index (χ4v) is 4.81. The van der Waals surface area contributed by atoms with E-state index in [4.69, 9.17) is 5.10 Å². The van der Waals surface area contributed by atoms with Gasteiger partial charge in [-0.2, -0.15) is 5.10 Å². The Balaban J connectivity index is 1.38. The normalized spacial score (nSPS) is 13.1. The summed E-state index contributed by atoms with van der Waals surface area (Å²) in [5.74, 6) is -0.362. The van der Waals surface area contributed by atoms with E-state index in [1.807, 2.05) is 59.5 Å². The Hall–Kier alpha value is -4.26. The van der Waals surface area contributed by atoms with Gasteiger partial charge in [0.1, 0.15) is 12.4 Å². The summed E-state index contributed by atoms with van der Waals surface area (Å²) >= 11 is 0. The number of amides is 2. The summed E-state index contributed by atoms with van der Waals surface area (Å²) in [6, 6.07) is 22.7. The fraction of sp³-hybridized carbons (Fsp3) is 0.233. The molecule has 188 valence electrons. The number of aromatic nitrogens is 2. The molecule has 37 heavy (non-hydrogen) atoms. The van der Waals surface area contributed by atoms with Crippen LogP contribution in [-0.4, -0.2) is 39.6 Å². The summed E-state index contributed by atoms with van der Waals surface area (Å²) in [4.78, 5) is 26.8. The molecule has 2 heterocycles. The highest BCUT2D eigenvalue weighted by Gasteiger charge is 2.21. The zero-order valence-corrected chi connectivity index (χ0v) is 21.0. The minimum absolute atomic E-state index is 0.00277. The number of nitrogens with zero attached hydrogens (tertiary/aromatic N) is 3. The molecule has 2 amide bonds. The summed E-state index contributed by atoms with van der Waals surface area (Å²) in [5, 5.41) is 7.61. The molecular weight excluding hydrogens is 467 g/mol. The Morgan fingerprint density at radius 3 is 2.41 bits per heavy atom. The quantitative estimate of drug-likeness (QED) is 0.410. The summed E-state index contributed by atoms with van der Waals surface area (Å²) in [6.07, 6.45) is 1.48. The van der Waals surface area contributed by atoms with Gasteiger partial charge in [-0.25, -0.2) is 4.39 Å². The number of nitrogens with one attached hydrogen (secondary N) is 1. The van der Waals surface area contributed by atoms with Crippen LogP contribution in [0.15, 0.2) is 72.8 Å². The van der Waals surface area contributed by atoms with Gasteiger partial charge in [-0.3, -0.25) is 14.3 Å². The first-order valence-corrected chi connectivity index (χ1v) is 12.4. The first-order chi connectivity index (χ1) is 17.9. The van der Waals surface area contributed by atoms with Gasteiger partial charge in [-0.1, -0.05) is 36.4 Å². The standard InChI is InChI=1S/C30H29FN4O2/c1-20-16-25(9-11-27(20)31)28-18-29(23-6-4-3-5-7-23)35(33-28)19-30(37)34-14-12-22-8-10-26(32-21(2)36)17-24(22)13-15-34/h3-11,16-18H,12-15,19H2,1-2H3,(H,32,36). The highest BCUT2D eigenvalue weighted by Crippen LogP contribution is 2.28. The monoisotopic (exact) mass is 496 g/mol. The van der Waals surface area contributed by atoms with Gasteiger partial charge >= 0.3 is 0 Å². The molecule has 7 heteroatoms. The average molecular weight is 497 g/mol. The molecule has 1 aliphatic rings. The topological polar surface area (TPSA) is 67.2 Å². The van der Waals surface area contributed by atoms with E-state index in [0.29, 0.717) is 24.3 Å². The molecule has 0 saturated carbocycles. The number of hydrogen-bond donors (Lipinski definition) is 1. The largest absolute Gasteiger partial charge is 0.340 e. The summed E-state index contributed by atoms with van der Waals surface area (Å²) in [7, 11) is 0. The molecule has 1 aliphatic heterocycles. The molecule has 0 atom stereocenters. The Bertz CT molecular complexity index is 1460. The van der Waals surface area contributed by atoms with Gasteiger partial charge < -0.3 is 10.2 Å². The Labute approximate surface area is 215 Å². The van der Waals surface area contributed by atoms with E-state index in [1.165, 1.54) is 18.6 Å². The second-order valence-electron chi connectivity index (χ2n) is 9.45. The van der Waals surface area contributed by atoms with Crippen LogP contribution >= 0.6 is 0 Å². The Morgan fingerprint density at radius 1 is 0.919 bits per heavy atom. The van der Waals surface area contributed by atoms with Crippen LogP contribution in [-0.2, 0) is 29.0 Å². The smallest absolute Gasteiger partial charge is 0.244 e. The first-order valence-electron chi connectivity index (χ1n) is 12.4. The average Bonchev–Trinajstić information content (AvgIpc) is 3.18. The number of carbonyl (C=O) groups is 2. The number of carbonyl (C=O) groups excluding carboxylic acids is 2. The maximum Gasteiger partial charge on any atom is 0.244 e. The number of anilines is 1. The predicted octanol–water partition coefficient (Wildman–Crippen LogP) is 5.25. The van der Waals surface area contributed by atoms with Crippen LogP contribution < -0.4 is 5.32 Å². The van der Waals surface area contributed by atoms with Crippen molar-refractivity contribution in [3.63, 3.8) is 0 Å². The molecule has 1 aromatic heterocycles. The van der Waals surface area contributed by atoms with Crippen molar-refractivity contribution in [3.8, 4) is 22.5 Å². The van der Waals surface area contributed by atoms with Gasteiger partial charge in [0.15, 0.2) is 0 Å². The van der Waals surface area contributed by atoms with E-state index in [2.05, 4.69) is 5.32 Å². The molecule has 1 N–H and O–H groups in total. The van der Waals surface area contributed by atoms with Crippen molar-refractivity contribution >= 4 is 17.5 Å². The van der Waals surface area contributed by atoms with Crippen LogP contribution in [0.5, 0.6) is 0 Å². The number of fused-ring (bicyclic) bond motifs is 1. The highest BCUT2D eigenvalue weighted by atomic mass is 19.1. The molecule has 3 aromatic carbocycles. The third kappa shape index (κ3) is 5.45. The second kappa shape index (κ2) is 10.4. The molecule has 4 aromatic rings. The summed E-state index contributed by atoms with van der Waals surface area (Å²) in [5.41, 5.74) is 6.98. The number of aryl methyl sites for hydroxylation is 1. The molecule has 5 rings (SSSR count). The Kier molecular flexibility index (Phi) is 6.86. The van der Waals surface area contributed by atoms with Gasteiger partial charge in [-0.15, -0.1) is 0 Å². The van der Waals surface area contributed by atoms with E-state index < -0.39 is 0 Å². The summed E-state index contributed by atoms with van der Waals surface area (Å²) in [6.45, 7) is 4.55. The van der Waals surface area contributed by atoms with E-state index in [0.717, 1.165) is 40.9 Å². The van der Waals surface area contributed by atoms with E-state index >= 15 is 0 Å². The van der Waals surface area contributed by atoms with Gasteiger partial charge in [0.05, 0.1) is 11.4 Å². The SMILES string of the molecule is CC(=O)Nc1ccc2c(c1)CCN(C(=O)Cn1nc(-c3ccc(F)c(C)c3)cc1-c1ccccc1)CC2. The minimum Gasteiger partial charge on any atom is -0.340 e. The van der Waals surface area contributed by atoms with Crippen molar-refractivity contribution in [1.29, 1.82) is 0 Å². The molecular formula is C30H29FN4O2. The molecule has 0 fully saturated rings. The molecule has 0 spiro atoms. The Morgan fingerprint density at radius 2 is 1.68 bits per heavy atom. The lowest BCUT2D eigenvalue weighted by Gasteiger charge is -2.21. The van der Waals surface area contributed by atoms with Crippen LogP contribution in [0.2, 0.25) is 0 Å². The van der Waals surface area contributed by atoms with Gasteiger partial charge in [0, 0.05) is 31.3 Å². The first kappa shape index (κ1) is 24.4. The van der Waals surface area contributed by atoms with E-state index in [-0.39, 0.29) is 24.2 Å². The third-order valence-corrected chi connectivity index (χ3v) is 6.77. The summed E-state index contributed by atoms with van der Waals surface area (Å²) < 4.78 is 15.6. The number of hydrogen-bond acceptors (Lipinski definition) is 3. The van der Waals surface area contributed by atoms with Crippen LogP contribution in [0.25, 0.3) is 22.5 Å². The zero-order chi connectivity index (χ0) is 25.9. The van der Waals surface area contributed by atoms with Crippen LogP contribution in [0, 0.1) is 12.7 Å². The van der Waals surface area contributed by atoms with Crippen molar-refractivity contribution < 1.29 is 14.0 Å². The van der Waals surface area contributed by atoms with Crippen molar-refractivity contribution in [2.24, 2.45) is 0 Å². The number of halogens is 1. The molecule has 0 bridgehead atoms. The van der Waals surface area contributed by atoms with Crippen LogP contribution in [0.1, 0.15) is 23.6 Å². The lowest BCUT2D eigenvalue weighted by molar-refractivity contribution is -0.131. The second-order valence-corrected chi connectivity index (χ2v) is 9.45. The van der Waals surface area contributed by atoms with Gasteiger partial charge in [0.25, 0.3) is 0 Å². The maximum atomic E-state index is 13.9. The lowest BCUT2D eigenvalue weighted by Crippen LogP contribution is -2.36. The van der Waals surface area contributed by atoms with E-state index in [1.54, 1.807) is 23.7 Å². The predicted molar refractivity (Wildman–Crippen MR) is 143 cm³/mol. The fourth-order valence-electron chi connectivity index (χ4n) is 4.81. The zero-order valence-electron chi connectivity index (χ0n) is 21.0. The minimum atomic E-state index is -0.256. The van der Waals surface area contributed by atoms with Crippen LogP contribution in [0.3, 0.4) is 0 Å². The molecule has 0 aliphatic carbocycles. The molecule has 6 nitrogen and oxygen atoms in total. The van der Waals surface area contributed by atoms with Gasteiger partial charge in [0.2, 0.25) is 11.8 Å². The number of benzene rings is 3. The molecule has 0 saturated heterocycles. The van der Waals surface area contributed by atoms with Crippen molar-refractivity contribution in [3.05, 3.63) is 95.3 Å². The van der Waals surface area contributed by atoms with E-state index in [9.17, 15) is 14.0 Å². The highest BCUT2D eigenvalue weighted by molar-refractivity contribution is 5.88. The van der Waals surface area contributed by atoms with Crippen LogP contribution in [0.4, 0.5) is 10.1 Å². The lowest BCUT2D eigenvalue weighted by atomic mass is 10.0. The maximum absolute atomic E-state index is 13.9. The number of rotatable bonds is 5. The van der Waals surface area contributed by atoms with Crippen molar-refractivity contribution in [1.82, 2.24) is 14.7 Å².